The van der Waals surface area contributed by atoms with Crippen LogP contribution in [0.3, 0.4) is 0 Å². The molecule has 0 spiro atoms. The molecule has 0 saturated carbocycles. The molecule has 0 heterocycles. The Kier molecular flexibility index (Phi) is 5.55. The Morgan fingerprint density at radius 2 is 1.84 bits per heavy atom. The van der Waals surface area contributed by atoms with Gasteiger partial charge in [-0.05, 0) is 36.0 Å². The zero-order chi connectivity index (χ0) is 14.5. The number of nitrogens with one attached hydrogen (secondary N) is 1. The number of aryl methyl sites for hydroxylation is 1. The standard InChI is InChI=1S/C16H25NO2/c1-5-12-6-8-13(9-7-12)15(19)17-11-10-14(18)16(2,3)4/h6-9,14,18H,5,10-11H2,1-4H3,(H,17,19). The number of hydrogen-bond donors (Lipinski definition) is 2. The van der Waals surface area contributed by atoms with Crippen LogP contribution in [0.25, 0.3) is 0 Å². The maximum atomic E-state index is 11.9. The quantitative estimate of drug-likeness (QED) is 0.858. The van der Waals surface area contributed by atoms with Gasteiger partial charge in [-0.1, -0.05) is 39.8 Å². The second kappa shape index (κ2) is 6.71. The fraction of sp³-hybridized carbons (Fsp3) is 0.562. The maximum absolute atomic E-state index is 11.9. The van der Waals surface area contributed by atoms with Gasteiger partial charge in [-0.3, -0.25) is 4.79 Å². The van der Waals surface area contributed by atoms with E-state index in [0.717, 1.165) is 6.42 Å². The second-order valence-corrected chi connectivity index (χ2v) is 5.98. The highest BCUT2D eigenvalue weighted by molar-refractivity contribution is 5.94. The molecular weight excluding hydrogens is 238 g/mol. The number of benzene rings is 1. The predicted molar refractivity (Wildman–Crippen MR) is 78.2 cm³/mol. The number of aliphatic hydroxyl groups is 1. The van der Waals surface area contributed by atoms with Gasteiger partial charge in [0.1, 0.15) is 0 Å². The molecule has 2 N–H and O–H groups in total. The summed E-state index contributed by atoms with van der Waals surface area (Å²) in [7, 11) is 0. The fourth-order valence-electron chi connectivity index (χ4n) is 1.75. The van der Waals surface area contributed by atoms with Crippen LogP contribution in [0.15, 0.2) is 24.3 Å². The summed E-state index contributed by atoms with van der Waals surface area (Å²) in [4.78, 5) is 11.9. The fourth-order valence-corrected chi connectivity index (χ4v) is 1.75. The average molecular weight is 263 g/mol. The van der Waals surface area contributed by atoms with Crippen molar-refractivity contribution < 1.29 is 9.90 Å². The van der Waals surface area contributed by atoms with Crippen LogP contribution < -0.4 is 5.32 Å². The monoisotopic (exact) mass is 263 g/mol. The molecule has 0 radical (unpaired) electrons. The minimum atomic E-state index is -0.407. The highest BCUT2D eigenvalue weighted by Gasteiger charge is 2.21. The van der Waals surface area contributed by atoms with E-state index < -0.39 is 6.10 Å². The number of carbonyl (C=O) groups excluding carboxylic acids is 1. The number of rotatable bonds is 5. The molecule has 0 aliphatic rings. The van der Waals surface area contributed by atoms with Crippen molar-refractivity contribution in [3.8, 4) is 0 Å². The van der Waals surface area contributed by atoms with E-state index in [2.05, 4.69) is 12.2 Å². The van der Waals surface area contributed by atoms with Gasteiger partial charge in [0.25, 0.3) is 5.91 Å². The lowest BCUT2D eigenvalue weighted by Crippen LogP contribution is -2.32. The first-order valence-electron chi connectivity index (χ1n) is 6.89. The summed E-state index contributed by atoms with van der Waals surface area (Å²) in [5, 5.41) is 12.7. The predicted octanol–water partition coefficient (Wildman–Crippen LogP) is 2.78. The molecule has 0 aromatic heterocycles. The zero-order valence-electron chi connectivity index (χ0n) is 12.4. The topological polar surface area (TPSA) is 49.3 Å². The molecule has 3 heteroatoms. The molecule has 0 aliphatic carbocycles. The lowest BCUT2D eigenvalue weighted by molar-refractivity contribution is 0.0551. The van der Waals surface area contributed by atoms with Gasteiger partial charge < -0.3 is 10.4 Å². The Labute approximate surface area is 116 Å². The van der Waals surface area contributed by atoms with Gasteiger partial charge in [-0.2, -0.15) is 0 Å². The van der Waals surface area contributed by atoms with E-state index in [1.54, 1.807) is 0 Å². The minimum absolute atomic E-state index is 0.0798. The van der Waals surface area contributed by atoms with Crippen molar-refractivity contribution in [2.75, 3.05) is 6.54 Å². The number of amides is 1. The number of hydrogen-bond acceptors (Lipinski definition) is 2. The van der Waals surface area contributed by atoms with Crippen LogP contribution in [0.1, 0.15) is 50.0 Å². The van der Waals surface area contributed by atoms with E-state index in [0.29, 0.717) is 18.5 Å². The highest BCUT2D eigenvalue weighted by Crippen LogP contribution is 2.20. The number of carbonyl (C=O) groups is 1. The van der Waals surface area contributed by atoms with Crippen molar-refractivity contribution in [3.63, 3.8) is 0 Å². The Balaban J connectivity index is 2.43. The summed E-state index contributed by atoms with van der Waals surface area (Å²) in [5.41, 5.74) is 1.75. The molecule has 1 unspecified atom stereocenters. The van der Waals surface area contributed by atoms with Crippen molar-refractivity contribution in [2.24, 2.45) is 5.41 Å². The smallest absolute Gasteiger partial charge is 0.251 e. The van der Waals surface area contributed by atoms with Crippen LogP contribution in [-0.2, 0) is 6.42 Å². The summed E-state index contributed by atoms with van der Waals surface area (Å²) in [6.45, 7) is 8.55. The molecule has 1 rings (SSSR count). The van der Waals surface area contributed by atoms with Crippen molar-refractivity contribution in [3.05, 3.63) is 35.4 Å². The van der Waals surface area contributed by atoms with E-state index in [1.165, 1.54) is 5.56 Å². The summed E-state index contributed by atoms with van der Waals surface area (Å²) in [5.74, 6) is -0.0798. The van der Waals surface area contributed by atoms with E-state index in [9.17, 15) is 9.90 Å². The van der Waals surface area contributed by atoms with Crippen LogP contribution in [0, 0.1) is 5.41 Å². The summed E-state index contributed by atoms with van der Waals surface area (Å²) >= 11 is 0. The first-order chi connectivity index (χ1) is 8.84. The molecule has 19 heavy (non-hydrogen) atoms. The Morgan fingerprint density at radius 3 is 2.32 bits per heavy atom. The van der Waals surface area contributed by atoms with E-state index in [4.69, 9.17) is 0 Å². The van der Waals surface area contributed by atoms with Crippen molar-refractivity contribution in [1.29, 1.82) is 0 Å². The molecule has 3 nitrogen and oxygen atoms in total. The molecule has 1 aromatic carbocycles. The molecule has 0 aliphatic heterocycles. The van der Waals surface area contributed by atoms with Gasteiger partial charge in [-0.15, -0.1) is 0 Å². The van der Waals surface area contributed by atoms with E-state index >= 15 is 0 Å². The van der Waals surface area contributed by atoms with Gasteiger partial charge >= 0.3 is 0 Å². The molecule has 0 bridgehead atoms. The van der Waals surface area contributed by atoms with Gasteiger partial charge in [0, 0.05) is 12.1 Å². The average Bonchev–Trinajstić information content (AvgIpc) is 2.37. The Hall–Kier alpha value is -1.35. The molecule has 1 aromatic rings. The third kappa shape index (κ3) is 5.03. The van der Waals surface area contributed by atoms with Crippen LogP contribution >= 0.6 is 0 Å². The molecule has 106 valence electrons. The summed E-state index contributed by atoms with van der Waals surface area (Å²) in [6.07, 6.45) is 1.14. The third-order valence-corrected chi connectivity index (χ3v) is 3.33. The first-order valence-corrected chi connectivity index (χ1v) is 6.89. The van der Waals surface area contributed by atoms with Crippen LogP contribution in [-0.4, -0.2) is 23.7 Å². The third-order valence-electron chi connectivity index (χ3n) is 3.33. The minimum Gasteiger partial charge on any atom is -0.393 e. The molecule has 0 fully saturated rings. The Morgan fingerprint density at radius 1 is 1.26 bits per heavy atom. The molecule has 1 amide bonds. The lowest BCUT2D eigenvalue weighted by atomic mass is 9.87. The lowest BCUT2D eigenvalue weighted by Gasteiger charge is -2.25. The summed E-state index contributed by atoms with van der Waals surface area (Å²) in [6, 6.07) is 7.63. The summed E-state index contributed by atoms with van der Waals surface area (Å²) < 4.78 is 0. The number of aliphatic hydroxyl groups excluding tert-OH is 1. The van der Waals surface area contributed by atoms with Crippen molar-refractivity contribution >= 4 is 5.91 Å². The van der Waals surface area contributed by atoms with Crippen molar-refractivity contribution in [1.82, 2.24) is 5.32 Å². The molecule has 0 saturated heterocycles. The van der Waals surface area contributed by atoms with Gasteiger partial charge in [0.05, 0.1) is 6.10 Å². The molecular formula is C16H25NO2. The Bertz CT molecular complexity index is 404. The van der Waals surface area contributed by atoms with Crippen LogP contribution in [0.4, 0.5) is 0 Å². The molecule has 1 atom stereocenters. The maximum Gasteiger partial charge on any atom is 0.251 e. The first kappa shape index (κ1) is 15.7. The highest BCUT2D eigenvalue weighted by atomic mass is 16.3. The van der Waals surface area contributed by atoms with Gasteiger partial charge in [-0.25, -0.2) is 0 Å². The van der Waals surface area contributed by atoms with Crippen LogP contribution in [0.5, 0.6) is 0 Å². The van der Waals surface area contributed by atoms with Crippen molar-refractivity contribution in [2.45, 2.75) is 46.6 Å². The normalized spacial score (nSPS) is 13.1. The van der Waals surface area contributed by atoms with Gasteiger partial charge in [0.15, 0.2) is 0 Å². The SMILES string of the molecule is CCc1ccc(C(=O)NCCC(O)C(C)(C)C)cc1. The largest absolute Gasteiger partial charge is 0.393 e. The van der Waals surface area contributed by atoms with Gasteiger partial charge in [0.2, 0.25) is 0 Å². The second-order valence-electron chi connectivity index (χ2n) is 5.98. The van der Waals surface area contributed by atoms with Crippen LogP contribution in [0.2, 0.25) is 0 Å². The van der Waals surface area contributed by atoms with E-state index in [-0.39, 0.29) is 11.3 Å². The zero-order valence-corrected chi connectivity index (χ0v) is 12.4. The van der Waals surface area contributed by atoms with E-state index in [1.807, 2.05) is 45.0 Å².